The lowest BCUT2D eigenvalue weighted by atomic mass is 10.1. The lowest BCUT2D eigenvalue weighted by Gasteiger charge is -2.30. The van der Waals surface area contributed by atoms with Gasteiger partial charge in [-0.05, 0) is 45.4 Å². The molecule has 4 unspecified atom stereocenters. The smallest absolute Gasteiger partial charge is 0.167 e. The number of hydrogen-bond donors (Lipinski definition) is 4. The van der Waals surface area contributed by atoms with Crippen LogP contribution in [0.15, 0.2) is 24.8 Å². The Hall–Kier alpha value is -2.54. The van der Waals surface area contributed by atoms with Crippen molar-refractivity contribution in [1.29, 1.82) is 0 Å². The lowest BCUT2D eigenvalue weighted by molar-refractivity contribution is -0.0469. The van der Waals surface area contributed by atoms with Crippen molar-refractivity contribution in [3.63, 3.8) is 0 Å². The maximum absolute atomic E-state index is 10.8. The number of fused-ring (bicyclic) bond motifs is 2. The highest BCUT2D eigenvalue weighted by molar-refractivity contribution is 6.42. The summed E-state index contributed by atoms with van der Waals surface area (Å²) < 4.78 is 7.72. The summed E-state index contributed by atoms with van der Waals surface area (Å²) in [4.78, 5) is 22.6. The minimum Gasteiger partial charge on any atom is -0.387 e. The molecule has 4 aromatic rings. The van der Waals surface area contributed by atoms with Crippen molar-refractivity contribution in [2.75, 3.05) is 18.8 Å². The van der Waals surface area contributed by atoms with Crippen molar-refractivity contribution in [3.8, 4) is 0 Å². The molecule has 0 bridgehead atoms. The molecular formula is C24H30Cl2N8O3. The molecule has 0 spiro atoms. The van der Waals surface area contributed by atoms with Gasteiger partial charge in [0, 0.05) is 19.0 Å². The van der Waals surface area contributed by atoms with Crippen LogP contribution >= 0.6 is 23.2 Å². The average molecular weight is 549 g/mol. The summed E-state index contributed by atoms with van der Waals surface area (Å²) in [6, 6.07) is 3.78. The Labute approximate surface area is 223 Å². The average Bonchev–Trinajstić information content (AvgIpc) is 3.53. The fourth-order valence-corrected chi connectivity index (χ4v) is 5.06. The van der Waals surface area contributed by atoms with Crippen LogP contribution in [-0.4, -0.2) is 82.0 Å². The summed E-state index contributed by atoms with van der Waals surface area (Å²) in [7, 11) is 0. The molecule has 5 rings (SSSR count). The van der Waals surface area contributed by atoms with Crippen LogP contribution in [0.4, 0.5) is 5.82 Å². The van der Waals surface area contributed by atoms with Crippen LogP contribution in [-0.2, 0) is 11.2 Å². The highest BCUT2D eigenvalue weighted by Crippen LogP contribution is 2.33. The summed E-state index contributed by atoms with van der Waals surface area (Å²) in [6.07, 6.45) is 1.87. The molecule has 1 fully saturated rings. The van der Waals surface area contributed by atoms with Crippen LogP contribution in [0.2, 0.25) is 10.0 Å². The van der Waals surface area contributed by atoms with Gasteiger partial charge in [0.05, 0.1) is 27.4 Å². The number of unbranched alkanes of at least 4 members (excludes halogenated alkanes) is 1. The van der Waals surface area contributed by atoms with Crippen LogP contribution in [0.25, 0.3) is 22.2 Å². The van der Waals surface area contributed by atoms with Crippen molar-refractivity contribution in [2.24, 2.45) is 0 Å². The van der Waals surface area contributed by atoms with Gasteiger partial charge in [0.2, 0.25) is 0 Å². The summed E-state index contributed by atoms with van der Waals surface area (Å²) in [5.74, 6) is 1.14. The standard InChI is InChI=1S/C24H30Cl2N8O3/c1-12(2)33(6-4-3-5-18-31-15-7-13(25)14(26)8-16(15)32-18)9-17-20(35)21(36)24(37-17)34-11-30-19-22(27)28-10-29-23(19)34/h7-8,10-12,17,20-21,24,35-36H,3-6,9H2,1-2H3,(H,31,32)(H2,27,28,29). The fraction of sp³-hybridized carbons (Fsp3) is 0.500. The van der Waals surface area contributed by atoms with Gasteiger partial charge in [-0.15, -0.1) is 0 Å². The quantitative estimate of drug-likeness (QED) is 0.231. The number of anilines is 1. The van der Waals surface area contributed by atoms with Crippen LogP contribution in [0, 0.1) is 0 Å². The number of H-pyrrole nitrogens is 1. The second-order valence-corrected chi connectivity index (χ2v) is 10.5. The summed E-state index contributed by atoms with van der Waals surface area (Å²) in [5.41, 5.74) is 8.42. The summed E-state index contributed by atoms with van der Waals surface area (Å²) >= 11 is 12.2. The molecule has 0 amide bonds. The van der Waals surface area contributed by atoms with Gasteiger partial charge in [-0.25, -0.2) is 19.9 Å². The Morgan fingerprint density at radius 3 is 2.70 bits per heavy atom. The van der Waals surface area contributed by atoms with E-state index in [4.69, 9.17) is 33.7 Å². The molecule has 0 radical (unpaired) electrons. The zero-order valence-corrected chi connectivity index (χ0v) is 22.1. The number of nitrogens with zero attached hydrogens (tertiary/aromatic N) is 6. The van der Waals surface area contributed by atoms with Crippen molar-refractivity contribution >= 4 is 51.2 Å². The van der Waals surface area contributed by atoms with Crippen LogP contribution in [0.1, 0.15) is 38.7 Å². The van der Waals surface area contributed by atoms with E-state index < -0.39 is 24.5 Å². The second-order valence-electron chi connectivity index (χ2n) is 9.64. The van der Waals surface area contributed by atoms with E-state index >= 15 is 0 Å². The number of aromatic amines is 1. The van der Waals surface area contributed by atoms with Gasteiger partial charge < -0.3 is 25.7 Å². The number of nitrogen functional groups attached to an aromatic ring is 1. The molecular weight excluding hydrogens is 519 g/mol. The van der Waals surface area contributed by atoms with Crippen LogP contribution < -0.4 is 5.73 Å². The van der Waals surface area contributed by atoms with E-state index in [0.29, 0.717) is 27.8 Å². The van der Waals surface area contributed by atoms with E-state index in [9.17, 15) is 10.2 Å². The number of aliphatic hydroxyl groups excluding tert-OH is 2. The van der Waals surface area contributed by atoms with Crippen molar-refractivity contribution in [1.82, 2.24) is 34.4 Å². The third-order valence-corrected chi connectivity index (χ3v) is 7.55. The summed E-state index contributed by atoms with van der Waals surface area (Å²) in [6.45, 7) is 5.48. The first-order chi connectivity index (χ1) is 17.7. The minimum atomic E-state index is -1.14. The number of hydrogen-bond acceptors (Lipinski definition) is 9. The normalized spacial score (nSPS) is 22.3. The van der Waals surface area contributed by atoms with Crippen LogP contribution in [0.5, 0.6) is 0 Å². The largest absolute Gasteiger partial charge is 0.387 e. The predicted molar refractivity (Wildman–Crippen MR) is 141 cm³/mol. The number of imidazole rings is 2. The molecule has 5 N–H and O–H groups in total. The molecule has 1 aliphatic rings. The van der Waals surface area contributed by atoms with Crippen LogP contribution in [0.3, 0.4) is 0 Å². The van der Waals surface area contributed by atoms with Gasteiger partial charge in [-0.1, -0.05) is 23.2 Å². The number of aliphatic hydroxyl groups is 2. The number of aryl methyl sites for hydroxylation is 1. The Morgan fingerprint density at radius 1 is 1.14 bits per heavy atom. The van der Waals surface area contributed by atoms with E-state index in [1.165, 1.54) is 12.7 Å². The second kappa shape index (κ2) is 10.7. The zero-order chi connectivity index (χ0) is 26.3. The van der Waals surface area contributed by atoms with Gasteiger partial charge in [0.15, 0.2) is 17.7 Å². The Bertz CT molecular complexity index is 1350. The molecule has 198 valence electrons. The van der Waals surface area contributed by atoms with Crippen molar-refractivity contribution < 1.29 is 14.9 Å². The third-order valence-electron chi connectivity index (χ3n) is 6.83. The number of benzene rings is 1. The van der Waals surface area contributed by atoms with Gasteiger partial charge in [-0.2, -0.15) is 0 Å². The molecule has 3 aromatic heterocycles. The number of nitrogens with two attached hydrogens (primary N) is 1. The van der Waals surface area contributed by atoms with Crippen molar-refractivity contribution in [3.05, 3.63) is 40.7 Å². The first-order valence-corrected chi connectivity index (χ1v) is 13.0. The van der Waals surface area contributed by atoms with Gasteiger partial charge >= 0.3 is 0 Å². The van der Waals surface area contributed by atoms with E-state index in [2.05, 4.69) is 43.7 Å². The Morgan fingerprint density at radius 2 is 1.92 bits per heavy atom. The summed E-state index contributed by atoms with van der Waals surface area (Å²) in [5, 5.41) is 22.5. The maximum Gasteiger partial charge on any atom is 0.167 e. The first-order valence-electron chi connectivity index (χ1n) is 12.2. The maximum atomic E-state index is 10.8. The number of nitrogens with one attached hydrogen (secondary N) is 1. The molecule has 13 heteroatoms. The molecule has 4 heterocycles. The molecule has 37 heavy (non-hydrogen) atoms. The minimum absolute atomic E-state index is 0.226. The van der Waals surface area contributed by atoms with Gasteiger partial charge in [-0.3, -0.25) is 9.47 Å². The molecule has 1 aliphatic heterocycles. The molecule has 0 aliphatic carbocycles. The highest BCUT2D eigenvalue weighted by atomic mass is 35.5. The van der Waals surface area contributed by atoms with Crippen molar-refractivity contribution in [2.45, 2.75) is 63.7 Å². The highest BCUT2D eigenvalue weighted by Gasteiger charge is 2.45. The topological polar surface area (TPSA) is 151 Å². The van der Waals surface area contributed by atoms with Gasteiger partial charge in [0.1, 0.15) is 36.0 Å². The Kier molecular flexibility index (Phi) is 7.53. The molecule has 1 saturated heterocycles. The predicted octanol–water partition coefficient (Wildman–Crippen LogP) is 2.94. The molecule has 0 saturated carbocycles. The fourth-order valence-electron chi connectivity index (χ4n) is 4.74. The number of rotatable bonds is 9. The first kappa shape index (κ1) is 26.1. The number of halogens is 2. The third kappa shape index (κ3) is 5.25. The van der Waals surface area contributed by atoms with E-state index in [0.717, 1.165) is 42.7 Å². The molecule has 4 atom stereocenters. The zero-order valence-electron chi connectivity index (χ0n) is 20.6. The molecule has 1 aromatic carbocycles. The Balaban J connectivity index is 1.19. The van der Waals surface area contributed by atoms with E-state index in [1.807, 2.05) is 0 Å². The monoisotopic (exact) mass is 548 g/mol. The molecule has 11 nitrogen and oxygen atoms in total. The van der Waals surface area contributed by atoms with E-state index in [-0.39, 0.29) is 11.9 Å². The number of aromatic nitrogens is 6. The van der Waals surface area contributed by atoms with E-state index in [1.54, 1.807) is 16.7 Å². The SMILES string of the molecule is CC(C)N(CCCCc1nc2cc(Cl)c(Cl)cc2[nH]1)CC1OC(n2cnc3c(N)ncnc32)C(O)C1O. The number of ether oxygens (including phenoxy) is 1. The van der Waals surface area contributed by atoms with Gasteiger partial charge in [0.25, 0.3) is 0 Å². The lowest BCUT2D eigenvalue weighted by Crippen LogP contribution is -2.43.